The van der Waals surface area contributed by atoms with Gasteiger partial charge in [-0.05, 0) is 42.7 Å². The summed E-state index contributed by atoms with van der Waals surface area (Å²) < 4.78 is 27.4. The number of carbonyl (C=O) groups is 1. The molecular formula is C20H20ClN3O5S. The van der Waals surface area contributed by atoms with Crippen LogP contribution in [0.2, 0.25) is 5.02 Å². The standard InChI is InChI=1S/C20H20ClN3O5S/c21-16-10-8-15(14-18(16)24(26)27)9-11-20(25)22-17-6-2-3-7-19(17)30(28,29)23-12-4-1-5-13-23/h2-3,6-11,14H,1,4-5,12-13H2,(H,22,25)/b11-9+. The predicted molar refractivity (Wildman–Crippen MR) is 115 cm³/mol. The molecule has 0 spiro atoms. The highest BCUT2D eigenvalue weighted by atomic mass is 35.5. The molecule has 2 aromatic carbocycles. The number of nitro benzene ring substituents is 1. The van der Waals surface area contributed by atoms with Crippen LogP contribution in [-0.4, -0.2) is 36.6 Å². The molecule has 10 heteroatoms. The second kappa shape index (κ2) is 9.38. The van der Waals surface area contributed by atoms with Crippen molar-refractivity contribution in [2.45, 2.75) is 24.2 Å². The monoisotopic (exact) mass is 449 g/mol. The van der Waals surface area contributed by atoms with E-state index < -0.39 is 20.9 Å². The number of para-hydroxylation sites is 1. The van der Waals surface area contributed by atoms with E-state index in [4.69, 9.17) is 11.6 Å². The summed E-state index contributed by atoms with van der Waals surface area (Å²) in [7, 11) is -3.72. The van der Waals surface area contributed by atoms with Crippen LogP contribution in [0.3, 0.4) is 0 Å². The molecule has 0 unspecified atom stereocenters. The molecule has 2 aromatic rings. The lowest BCUT2D eigenvalue weighted by Crippen LogP contribution is -2.36. The number of hydrogen-bond donors (Lipinski definition) is 1. The molecule has 30 heavy (non-hydrogen) atoms. The number of nitrogens with one attached hydrogen (secondary N) is 1. The first-order valence-corrected chi connectivity index (χ1v) is 11.1. The maximum absolute atomic E-state index is 13.0. The highest BCUT2D eigenvalue weighted by Gasteiger charge is 2.28. The average Bonchev–Trinajstić information content (AvgIpc) is 2.74. The maximum atomic E-state index is 13.0. The summed E-state index contributed by atoms with van der Waals surface area (Å²) >= 11 is 5.78. The van der Waals surface area contributed by atoms with Crippen LogP contribution in [0.4, 0.5) is 11.4 Å². The summed E-state index contributed by atoms with van der Waals surface area (Å²) in [4.78, 5) is 22.8. The minimum Gasteiger partial charge on any atom is -0.321 e. The van der Waals surface area contributed by atoms with E-state index in [1.165, 1.54) is 46.8 Å². The zero-order valence-electron chi connectivity index (χ0n) is 16.0. The van der Waals surface area contributed by atoms with Gasteiger partial charge in [-0.15, -0.1) is 0 Å². The van der Waals surface area contributed by atoms with Crippen LogP contribution in [0.15, 0.2) is 53.4 Å². The van der Waals surface area contributed by atoms with Crippen molar-refractivity contribution in [3.63, 3.8) is 0 Å². The van der Waals surface area contributed by atoms with E-state index in [9.17, 15) is 23.3 Å². The molecule has 0 aliphatic carbocycles. The normalized spacial score (nSPS) is 15.2. The molecule has 1 heterocycles. The third kappa shape index (κ3) is 5.05. The number of sulfonamides is 1. The van der Waals surface area contributed by atoms with Gasteiger partial charge in [-0.25, -0.2) is 8.42 Å². The number of piperidine rings is 1. The first kappa shape index (κ1) is 21.9. The molecule has 0 radical (unpaired) electrons. The third-order valence-corrected chi connectivity index (χ3v) is 6.95. The molecule has 0 bridgehead atoms. The minimum absolute atomic E-state index is 0.00144. The second-order valence-corrected chi connectivity index (χ2v) is 9.07. The van der Waals surface area contributed by atoms with E-state index in [0.717, 1.165) is 19.3 Å². The van der Waals surface area contributed by atoms with Crippen LogP contribution < -0.4 is 5.32 Å². The van der Waals surface area contributed by atoms with E-state index in [2.05, 4.69) is 5.32 Å². The molecule has 3 rings (SSSR count). The lowest BCUT2D eigenvalue weighted by atomic mass is 10.2. The first-order chi connectivity index (χ1) is 14.3. The highest BCUT2D eigenvalue weighted by Crippen LogP contribution is 2.27. The third-order valence-electron chi connectivity index (χ3n) is 4.67. The molecule has 1 aliphatic rings. The van der Waals surface area contributed by atoms with Crippen molar-refractivity contribution in [3.05, 3.63) is 69.2 Å². The van der Waals surface area contributed by atoms with Gasteiger partial charge in [0.15, 0.2) is 0 Å². The van der Waals surface area contributed by atoms with Crippen molar-refractivity contribution >= 4 is 45.0 Å². The van der Waals surface area contributed by atoms with Crippen molar-refractivity contribution < 1.29 is 18.1 Å². The maximum Gasteiger partial charge on any atom is 0.288 e. The summed E-state index contributed by atoms with van der Waals surface area (Å²) in [6.45, 7) is 0.916. The zero-order chi connectivity index (χ0) is 21.7. The van der Waals surface area contributed by atoms with Gasteiger partial charge in [-0.3, -0.25) is 14.9 Å². The molecule has 1 aliphatic heterocycles. The Morgan fingerprint density at radius 1 is 1.13 bits per heavy atom. The largest absolute Gasteiger partial charge is 0.321 e. The number of anilines is 1. The van der Waals surface area contributed by atoms with Gasteiger partial charge in [0.25, 0.3) is 5.69 Å². The number of rotatable bonds is 6. The Bertz CT molecular complexity index is 1100. The Morgan fingerprint density at radius 2 is 1.83 bits per heavy atom. The van der Waals surface area contributed by atoms with E-state index in [0.29, 0.717) is 18.7 Å². The van der Waals surface area contributed by atoms with Gasteiger partial charge < -0.3 is 5.32 Å². The van der Waals surface area contributed by atoms with Gasteiger partial charge in [-0.1, -0.05) is 36.2 Å². The van der Waals surface area contributed by atoms with Crippen LogP contribution >= 0.6 is 11.6 Å². The van der Waals surface area contributed by atoms with E-state index in [1.54, 1.807) is 12.1 Å². The van der Waals surface area contributed by atoms with Crippen molar-refractivity contribution in [2.75, 3.05) is 18.4 Å². The Morgan fingerprint density at radius 3 is 2.53 bits per heavy atom. The van der Waals surface area contributed by atoms with Gasteiger partial charge in [0.1, 0.15) is 9.92 Å². The van der Waals surface area contributed by atoms with Crippen LogP contribution in [0.25, 0.3) is 6.08 Å². The van der Waals surface area contributed by atoms with Gasteiger partial charge in [0.2, 0.25) is 15.9 Å². The molecule has 1 fully saturated rings. The zero-order valence-corrected chi connectivity index (χ0v) is 17.5. The molecule has 158 valence electrons. The van der Waals surface area contributed by atoms with Crippen LogP contribution in [-0.2, 0) is 14.8 Å². The van der Waals surface area contributed by atoms with Gasteiger partial charge in [0.05, 0.1) is 10.6 Å². The Balaban J connectivity index is 1.79. The number of hydrogen-bond acceptors (Lipinski definition) is 5. The van der Waals surface area contributed by atoms with Crippen LogP contribution in [0, 0.1) is 10.1 Å². The smallest absolute Gasteiger partial charge is 0.288 e. The van der Waals surface area contributed by atoms with Crippen molar-refractivity contribution in [2.24, 2.45) is 0 Å². The quantitative estimate of drug-likeness (QED) is 0.406. The Labute approximate surface area is 179 Å². The number of carbonyl (C=O) groups excluding carboxylic acids is 1. The van der Waals surface area contributed by atoms with E-state index in [-0.39, 0.29) is 21.3 Å². The van der Waals surface area contributed by atoms with Crippen LogP contribution in [0.1, 0.15) is 24.8 Å². The number of benzene rings is 2. The Hall–Kier alpha value is -2.75. The fraction of sp³-hybridized carbons (Fsp3) is 0.250. The van der Waals surface area contributed by atoms with Gasteiger partial charge in [0, 0.05) is 25.2 Å². The summed E-state index contributed by atoms with van der Waals surface area (Å²) in [6, 6.07) is 10.4. The lowest BCUT2D eigenvalue weighted by Gasteiger charge is -2.26. The van der Waals surface area contributed by atoms with Crippen molar-refractivity contribution in [3.8, 4) is 0 Å². The lowest BCUT2D eigenvalue weighted by molar-refractivity contribution is -0.384. The summed E-state index contributed by atoms with van der Waals surface area (Å²) in [5, 5.41) is 13.6. The SMILES string of the molecule is O=C(/C=C/c1ccc(Cl)c([N+](=O)[O-])c1)Nc1ccccc1S(=O)(=O)N1CCCCC1. The number of halogens is 1. The molecule has 0 atom stereocenters. The summed E-state index contributed by atoms with van der Waals surface area (Å²) in [5.41, 5.74) is 0.326. The fourth-order valence-corrected chi connectivity index (χ4v) is 5.01. The van der Waals surface area contributed by atoms with Gasteiger partial charge in [-0.2, -0.15) is 4.31 Å². The molecule has 0 saturated carbocycles. The predicted octanol–water partition coefficient (Wildman–Crippen LogP) is 4.07. The summed E-state index contributed by atoms with van der Waals surface area (Å²) in [5.74, 6) is -0.561. The number of nitro groups is 1. The Kier molecular flexibility index (Phi) is 6.86. The number of nitrogens with zero attached hydrogens (tertiary/aromatic N) is 2. The first-order valence-electron chi connectivity index (χ1n) is 9.31. The van der Waals surface area contributed by atoms with E-state index in [1.807, 2.05) is 0 Å². The van der Waals surface area contributed by atoms with Crippen molar-refractivity contribution in [1.82, 2.24) is 4.31 Å². The molecule has 1 saturated heterocycles. The average molecular weight is 450 g/mol. The molecule has 8 nitrogen and oxygen atoms in total. The number of amides is 1. The molecular weight excluding hydrogens is 430 g/mol. The minimum atomic E-state index is -3.72. The van der Waals surface area contributed by atoms with Crippen LogP contribution in [0.5, 0.6) is 0 Å². The topological polar surface area (TPSA) is 110 Å². The van der Waals surface area contributed by atoms with Gasteiger partial charge >= 0.3 is 0 Å². The van der Waals surface area contributed by atoms with Crippen molar-refractivity contribution in [1.29, 1.82) is 0 Å². The van der Waals surface area contributed by atoms with E-state index >= 15 is 0 Å². The molecule has 0 aromatic heterocycles. The second-order valence-electron chi connectivity index (χ2n) is 6.75. The molecule has 1 amide bonds. The fourth-order valence-electron chi connectivity index (χ4n) is 3.16. The highest BCUT2D eigenvalue weighted by molar-refractivity contribution is 7.89. The molecule has 1 N–H and O–H groups in total. The summed E-state index contributed by atoms with van der Waals surface area (Å²) in [6.07, 6.45) is 5.18.